The van der Waals surface area contributed by atoms with Crippen molar-refractivity contribution in [2.45, 2.75) is 53.6 Å². The van der Waals surface area contributed by atoms with Gasteiger partial charge in [0.2, 0.25) is 5.91 Å². The molecule has 0 aliphatic carbocycles. The minimum atomic E-state index is -0.0229. The minimum absolute atomic E-state index is 0.0229. The van der Waals surface area contributed by atoms with Gasteiger partial charge in [-0.1, -0.05) is 11.6 Å². The van der Waals surface area contributed by atoms with Crippen LogP contribution >= 0.6 is 0 Å². The molecule has 1 aromatic carbocycles. The van der Waals surface area contributed by atoms with Crippen LogP contribution in [0.2, 0.25) is 0 Å². The summed E-state index contributed by atoms with van der Waals surface area (Å²) < 4.78 is 3.82. The van der Waals surface area contributed by atoms with E-state index in [0.717, 1.165) is 28.0 Å². The molecule has 132 valence electrons. The molecule has 1 N–H and O–H groups in total. The minimum Gasteiger partial charge on any atom is -0.323 e. The molecule has 3 aromatic rings. The van der Waals surface area contributed by atoms with Gasteiger partial charge in [0.05, 0.1) is 35.3 Å². The number of fused-ring (bicyclic) bond motifs is 1. The molecule has 2 heterocycles. The Morgan fingerprint density at radius 1 is 1.24 bits per heavy atom. The van der Waals surface area contributed by atoms with Crippen LogP contribution in [0.4, 0.5) is 5.69 Å². The van der Waals surface area contributed by atoms with E-state index in [0.29, 0.717) is 13.0 Å². The number of hydrogen-bond acceptors (Lipinski definition) is 3. The van der Waals surface area contributed by atoms with Crippen molar-refractivity contribution in [2.24, 2.45) is 0 Å². The van der Waals surface area contributed by atoms with E-state index >= 15 is 0 Å². The average molecular weight is 339 g/mol. The fourth-order valence-electron chi connectivity index (χ4n) is 3.14. The number of aromatic nitrogens is 4. The summed E-state index contributed by atoms with van der Waals surface area (Å²) in [6.07, 6.45) is 2.22. The smallest absolute Gasteiger partial charge is 0.226 e. The topological polar surface area (TPSA) is 64.7 Å². The van der Waals surface area contributed by atoms with Gasteiger partial charge in [-0.25, -0.2) is 0 Å². The zero-order valence-electron chi connectivity index (χ0n) is 15.5. The summed E-state index contributed by atoms with van der Waals surface area (Å²) in [6, 6.07) is 6.49. The third kappa shape index (κ3) is 3.43. The van der Waals surface area contributed by atoms with Gasteiger partial charge >= 0.3 is 0 Å². The number of amides is 1. The summed E-state index contributed by atoms with van der Waals surface area (Å²) in [5.41, 5.74) is 4.91. The molecule has 3 rings (SSSR count). The van der Waals surface area contributed by atoms with Crippen molar-refractivity contribution in [1.82, 2.24) is 19.6 Å². The van der Waals surface area contributed by atoms with Crippen molar-refractivity contribution >= 4 is 22.5 Å². The van der Waals surface area contributed by atoms with Crippen molar-refractivity contribution in [3.05, 3.63) is 41.3 Å². The summed E-state index contributed by atoms with van der Waals surface area (Å²) >= 11 is 0. The lowest BCUT2D eigenvalue weighted by molar-refractivity contribution is -0.116. The number of benzene rings is 1. The number of nitrogens with zero attached hydrogens (tertiary/aromatic N) is 4. The zero-order valence-corrected chi connectivity index (χ0v) is 15.5. The summed E-state index contributed by atoms with van der Waals surface area (Å²) in [4.78, 5) is 12.4. The molecule has 0 spiro atoms. The largest absolute Gasteiger partial charge is 0.323 e. The molecule has 0 bridgehead atoms. The van der Waals surface area contributed by atoms with Gasteiger partial charge in [0.15, 0.2) is 0 Å². The fraction of sp³-hybridized carbons (Fsp3) is 0.421. The first kappa shape index (κ1) is 17.2. The van der Waals surface area contributed by atoms with E-state index in [1.54, 1.807) is 0 Å². The molecule has 0 unspecified atom stereocenters. The Morgan fingerprint density at radius 3 is 2.68 bits per heavy atom. The molecule has 0 saturated heterocycles. The lowest BCUT2D eigenvalue weighted by atomic mass is 10.2. The highest BCUT2D eigenvalue weighted by atomic mass is 16.1. The fourth-order valence-corrected chi connectivity index (χ4v) is 3.14. The quantitative estimate of drug-likeness (QED) is 0.769. The van der Waals surface area contributed by atoms with E-state index in [4.69, 9.17) is 0 Å². The lowest BCUT2D eigenvalue weighted by Gasteiger charge is -2.09. The molecule has 2 aromatic heterocycles. The van der Waals surface area contributed by atoms with Gasteiger partial charge in [-0.15, -0.1) is 0 Å². The highest BCUT2D eigenvalue weighted by molar-refractivity contribution is 5.92. The van der Waals surface area contributed by atoms with E-state index in [9.17, 15) is 4.79 Å². The molecule has 25 heavy (non-hydrogen) atoms. The predicted octanol–water partition coefficient (Wildman–Crippen LogP) is 3.77. The van der Waals surface area contributed by atoms with E-state index < -0.39 is 0 Å². The van der Waals surface area contributed by atoms with Crippen molar-refractivity contribution in [3.63, 3.8) is 0 Å². The SMILES string of the molecule is Cc1ccc2c(cnn2CCC(=O)Nc2c(C)nn(C(C)C)c2C)c1. The first-order valence-electron chi connectivity index (χ1n) is 8.64. The van der Waals surface area contributed by atoms with E-state index in [2.05, 4.69) is 54.5 Å². The van der Waals surface area contributed by atoms with Crippen molar-refractivity contribution in [1.29, 1.82) is 0 Å². The normalized spacial score (nSPS) is 11.4. The molecule has 0 saturated carbocycles. The van der Waals surface area contributed by atoms with Crippen molar-refractivity contribution < 1.29 is 4.79 Å². The van der Waals surface area contributed by atoms with Crippen LogP contribution in [0.5, 0.6) is 0 Å². The number of hydrogen-bond donors (Lipinski definition) is 1. The molecule has 0 atom stereocenters. The van der Waals surface area contributed by atoms with E-state index in [1.165, 1.54) is 5.56 Å². The molecule has 6 heteroatoms. The van der Waals surface area contributed by atoms with Crippen LogP contribution in [0, 0.1) is 20.8 Å². The maximum atomic E-state index is 12.4. The summed E-state index contributed by atoms with van der Waals surface area (Å²) in [6.45, 7) is 10.7. The zero-order chi connectivity index (χ0) is 18.1. The molecule has 0 fully saturated rings. The van der Waals surface area contributed by atoms with Crippen LogP contribution < -0.4 is 5.32 Å². The van der Waals surface area contributed by atoms with Gasteiger partial charge < -0.3 is 5.32 Å². The highest BCUT2D eigenvalue weighted by Crippen LogP contribution is 2.22. The third-order valence-corrected chi connectivity index (χ3v) is 4.43. The number of nitrogens with one attached hydrogen (secondary N) is 1. The second kappa shape index (κ2) is 6.70. The Labute approximate surface area is 147 Å². The second-order valence-corrected chi connectivity index (χ2v) is 6.81. The molecular formula is C19H25N5O. The Bertz CT molecular complexity index is 919. The van der Waals surface area contributed by atoms with Crippen LogP contribution in [0.1, 0.15) is 43.3 Å². The van der Waals surface area contributed by atoms with Crippen LogP contribution in [-0.2, 0) is 11.3 Å². The van der Waals surface area contributed by atoms with Gasteiger partial charge in [0.25, 0.3) is 0 Å². The molecule has 1 amide bonds. The number of carbonyl (C=O) groups excluding carboxylic acids is 1. The van der Waals surface area contributed by atoms with Crippen LogP contribution in [0.25, 0.3) is 10.9 Å². The average Bonchev–Trinajstić information content (AvgIpc) is 3.08. The number of rotatable bonds is 5. The second-order valence-electron chi connectivity index (χ2n) is 6.81. The Morgan fingerprint density at radius 2 is 2.00 bits per heavy atom. The molecule has 0 aliphatic heterocycles. The summed E-state index contributed by atoms with van der Waals surface area (Å²) in [5, 5.41) is 13.0. The van der Waals surface area contributed by atoms with E-state index in [1.807, 2.05) is 29.4 Å². The van der Waals surface area contributed by atoms with Crippen molar-refractivity contribution in [3.8, 4) is 0 Å². The van der Waals surface area contributed by atoms with Gasteiger partial charge in [0, 0.05) is 17.8 Å². The van der Waals surface area contributed by atoms with Crippen LogP contribution in [0.3, 0.4) is 0 Å². The third-order valence-electron chi connectivity index (χ3n) is 4.43. The summed E-state index contributed by atoms with van der Waals surface area (Å²) in [5.74, 6) is -0.0229. The molecule has 0 radical (unpaired) electrons. The maximum Gasteiger partial charge on any atom is 0.226 e. The maximum absolute atomic E-state index is 12.4. The monoisotopic (exact) mass is 339 g/mol. The van der Waals surface area contributed by atoms with Crippen LogP contribution in [0.15, 0.2) is 24.4 Å². The van der Waals surface area contributed by atoms with Gasteiger partial charge in [0.1, 0.15) is 0 Å². The molecule has 0 aliphatic rings. The molecular weight excluding hydrogens is 314 g/mol. The summed E-state index contributed by atoms with van der Waals surface area (Å²) in [7, 11) is 0. The number of carbonyl (C=O) groups is 1. The lowest BCUT2D eigenvalue weighted by Crippen LogP contribution is -2.16. The van der Waals surface area contributed by atoms with Gasteiger partial charge in [-0.05, 0) is 46.8 Å². The van der Waals surface area contributed by atoms with Gasteiger partial charge in [-0.2, -0.15) is 10.2 Å². The van der Waals surface area contributed by atoms with E-state index in [-0.39, 0.29) is 11.9 Å². The Hall–Kier alpha value is -2.63. The van der Waals surface area contributed by atoms with Crippen molar-refractivity contribution in [2.75, 3.05) is 5.32 Å². The first-order valence-corrected chi connectivity index (χ1v) is 8.64. The number of aryl methyl sites for hydroxylation is 3. The highest BCUT2D eigenvalue weighted by Gasteiger charge is 2.16. The standard InChI is InChI=1S/C19H25N5O/c1-12(2)24-15(5)19(14(4)22-24)21-18(25)8-9-23-17-7-6-13(3)10-16(17)11-20-23/h6-7,10-12H,8-9H2,1-5H3,(H,21,25). The van der Waals surface area contributed by atoms with Crippen LogP contribution in [-0.4, -0.2) is 25.5 Å². The number of anilines is 1. The predicted molar refractivity (Wildman–Crippen MR) is 99.8 cm³/mol. The molecule has 6 nitrogen and oxygen atoms in total. The Kier molecular flexibility index (Phi) is 4.61. The van der Waals surface area contributed by atoms with Gasteiger partial charge in [-0.3, -0.25) is 14.2 Å². The Balaban J connectivity index is 1.69. The first-order chi connectivity index (χ1) is 11.9.